The van der Waals surface area contributed by atoms with Crippen LogP contribution in [0.3, 0.4) is 0 Å². The number of ether oxygens (including phenoxy) is 1. The van der Waals surface area contributed by atoms with Crippen molar-refractivity contribution < 1.29 is 4.74 Å². The van der Waals surface area contributed by atoms with Crippen molar-refractivity contribution in [1.29, 1.82) is 0 Å². The average molecular weight is 326 g/mol. The molecule has 0 fully saturated rings. The Morgan fingerprint density at radius 3 is 2.24 bits per heavy atom. The van der Waals surface area contributed by atoms with Crippen molar-refractivity contribution in [1.82, 2.24) is 0 Å². The van der Waals surface area contributed by atoms with Gasteiger partial charge < -0.3 is 0 Å². The summed E-state index contributed by atoms with van der Waals surface area (Å²) in [6.07, 6.45) is 0. The summed E-state index contributed by atoms with van der Waals surface area (Å²) in [5, 5.41) is 2.25. The Morgan fingerprint density at radius 2 is 1.59 bits per heavy atom. The molecule has 0 saturated carbocycles. The number of para-hydroxylation sites is 1. The van der Waals surface area contributed by atoms with Gasteiger partial charge >= 0.3 is 115 Å². The molecular weight excluding hydrogens is 314 g/mol. The molecule has 0 aliphatic heterocycles. The molecule has 2 rings (SSSR count). The van der Waals surface area contributed by atoms with Gasteiger partial charge in [0.2, 0.25) is 0 Å². The van der Waals surface area contributed by atoms with Gasteiger partial charge in [0.1, 0.15) is 0 Å². The molecule has 1 radical (unpaired) electrons. The quantitative estimate of drug-likeness (QED) is 0.632. The van der Waals surface area contributed by atoms with E-state index >= 15 is 0 Å². The summed E-state index contributed by atoms with van der Waals surface area (Å²) < 4.78 is 3.53. The van der Waals surface area contributed by atoms with Crippen molar-refractivity contribution in [3.63, 3.8) is 0 Å². The SMILES string of the molecule is COc1ccccc1P(=S)([Se])c1ccccc1. The van der Waals surface area contributed by atoms with Gasteiger partial charge in [-0.3, -0.25) is 0 Å². The van der Waals surface area contributed by atoms with Gasteiger partial charge in [-0.05, 0) is 0 Å². The fourth-order valence-electron chi connectivity index (χ4n) is 1.64. The van der Waals surface area contributed by atoms with Crippen molar-refractivity contribution in [3.8, 4) is 5.75 Å². The first-order valence-electron chi connectivity index (χ1n) is 5.16. The minimum atomic E-state index is -1.87. The van der Waals surface area contributed by atoms with Crippen molar-refractivity contribution in [3.05, 3.63) is 54.6 Å². The molecule has 87 valence electrons. The maximum atomic E-state index is 5.81. The zero-order valence-electron chi connectivity index (χ0n) is 9.37. The standard InChI is InChI=1S/C13H12OPSSe/c1-14-12-9-5-6-10-13(12)15(16,17)11-7-3-2-4-8-11/h2-10H,1H3. The van der Waals surface area contributed by atoms with E-state index in [-0.39, 0.29) is 0 Å². The van der Waals surface area contributed by atoms with Crippen LogP contribution in [-0.4, -0.2) is 22.7 Å². The number of hydrogen-bond acceptors (Lipinski definition) is 2. The van der Waals surface area contributed by atoms with Crippen LogP contribution in [0.5, 0.6) is 5.75 Å². The molecule has 0 heterocycles. The molecule has 1 atom stereocenters. The fourth-order valence-corrected chi connectivity index (χ4v) is 5.75. The molecule has 1 nitrogen and oxygen atoms in total. The predicted octanol–water partition coefficient (Wildman–Crippen LogP) is 2.21. The average Bonchev–Trinajstić information content (AvgIpc) is 2.39. The molecule has 17 heavy (non-hydrogen) atoms. The molecule has 4 heteroatoms. The van der Waals surface area contributed by atoms with Gasteiger partial charge in [0.05, 0.1) is 0 Å². The Bertz CT molecular complexity index is 556. The summed E-state index contributed by atoms with van der Waals surface area (Å²) >= 11 is 9.01. The third kappa shape index (κ3) is 2.64. The first-order chi connectivity index (χ1) is 8.16. The van der Waals surface area contributed by atoms with Crippen LogP contribution in [-0.2, 0) is 11.8 Å². The molecule has 2 aromatic carbocycles. The van der Waals surface area contributed by atoms with Gasteiger partial charge in [0, 0.05) is 0 Å². The molecule has 0 N–H and O–H groups in total. The van der Waals surface area contributed by atoms with E-state index in [4.69, 9.17) is 16.5 Å². The van der Waals surface area contributed by atoms with Crippen LogP contribution in [0.1, 0.15) is 0 Å². The zero-order chi connectivity index (χ0) is 12.3. The van der Waals surface area contributed by atoms with Crippen molar-refractivity contribution in [2.75, 3.05) is 7.11 Å². The minimum absolute atomic E-state index is 0.860. The van der Waals surface area contributed by atoms with E-state index in [1.807, 2.05) is 42.5 Å². The third-order valence-electron chi connectivity index (χ3n) is 2.50. The summed E-state index contributed by atoms with van der Waals surface area (Å²) in [6, 6.07) is 18.1. The second-order valence-electron chi connectivity index (χ2n) is 3.56. The Morgan fingerprint density at radius 1 is 1.00 bits per heavy atom. The maximum absolute atomic E-state index is 5.81. The van der Waals surface area contributed by atoms with E-state index < -0.39 is 4.73 Å². The Labute approximate surface area is 115 Å². The Balaban J connectivity index is 2.56. The normalized spacial score (nSPS) is 14.0. The molecule has 0 bridgehead atoms. The van der Waals surface area contributed by atoms with Crippen LogP contribution < -0.4 is 15.3 Å². The first-order valence-corrected chi connectivity index (χ1v) is 10.2. The summed E-state index contributed by atoms with van der Waals surface area (Å²) in [7, 11) is 1.68. The predicted molar refractivity (Wildman–Crippen MR) is 78.7 cm³/mol. The van der Waals surface area contributed by atoms with Crippen LogP contribution in [0.2, 0.25) is 0 Å². The van der Waals surface area contributed by atoms with E-state index in [1.165, 1.54) is 5.30 Å². The van der Waals surface area contributed by atoms with Gasteiger partial charge in [-0.1, -0.05) is 0 Å². The van der Waals surface area contributed by atoms with Crippen molar-refractivity contribution in [2.45, 2.75) is 0 Å². The van der Waals surface area contributed by atoms with Gasteiger partial charge in [0.15, 0.2) is 0 Å². The Hall–Kier alpha value is -0.591. The Kier molecular flexibility index (Phi) is 4.06. The van der Waals surface area contributed by atoms with E-state index in [1.54, 1.807) is 7.11 Å². The summed E-state index contributed by atoms with van der Waals surface area (Å²) in [5.74, 6) is 0.860. The molecule has 0 amide bonds. The van der Waals surface area contributed by atoms with Gasteiger partial charge in [-0.15, -0.1) is 0 Å². The molecule has 0 aromatic heterocycles. The van der Waals surface area contributed by atoms with Crippen LogP contribution in [0.15, 0.2) is 54.6 Å². The third-order valence-corrected chi connectivity index (χ3v) is 8.27. The van der Waals surface area contributed by atoms with Gasteiger partial charge in [0.25, 0.3) is 0 Å². The molecule has 0 saturated heterocycles. The second-order valence-corrected chi connectivity index (χ2v) is 12.3. The second kappa shape index (κ2) is 5.37. The molecule has 2 aromatic rings. The molecule has 0 aliphatic carbocycles. The van der Waals surface area contributed by atoms with E-state index in [0.717, 1.165) is 11.1 Å². The summed E-state index contributed by atoms with van der Waals surface area (Å²) in [6.45, 7) is 0. The van der Waals surface area contributed by atoms with E-state index in [9.17, 15) is 0 Å². The van der Waals surface area contributed by atoms with Crippen molar-refractivity contribution >= 4 is 42.7 Å². The van der Waals surface area contributed by atoms with E-state index in [0.29, 0.717) is 0 Å². The van der Waals surface area contributed by atoms with Crippen LogP contribution >= 0.6 is 4.73 Å². The van der Waals surface area contributed by atoms with Crippen LogP contribution in [0, 0.1) is 0 Å². The number of hydrogen-bond donors (Lipinski definition) is 0. The number of benzene rings is 2. The summed E-state index contributed by atoms with van der Waals surface area (Å²) in [5.41, 5.74) is 0. The number of methoxy groups -OCH3 is 1. The van der Waals surface area contributed by atoms with E-state index in [2.05, 4.69) is 27.7 Å². The fraction of sp³-hybridized carbons (Fsp3) is 0.0769. The molecule has 1 unspecified atom stereocenters. The molecular formula is C13H12OPSSe. The topological polar surface area (TPSA) is 9.23 Å². The van der Waals surface area contributed by atoms with Gasteiger partial charge in [-0.25, -0.2) is 0 Å². The van der Waals surface area contributed by atoms with Gasteiger partial charge in [-0.2, -0.15) is 0 Å². The first kappa shape index (κ1) is 12.9. The summed E-state index contributed by atoms with van der Waals surface area (Å²) in [4.78, 5) is 0. The van der Waals surface area contributed by atoms with Crippen LogP contribution in [0.25, 0.3) is 0 Å². The van der Waals surface area contributed by atoms with Crippen molar-refractivity contribution in [2.24, 2.45) is 0 Å². The number of rotatable bonds is 3. The van der Waals surface area contributed by atoms with Crippen LogP contribution in [0.4, 0.5) is 0 Å². The molecule has 0 aliphatic rings. The zero-order valence-corrected chi connectivity index (χ0v) is 12.8. The molecule has 0 spiro atoms. The monoisotopic (exact) mass is 327 g/mol.